The van der Waals surface area contributed by atoms with Crippen molar-refractivity contribution in [1.29, 1.82) is 0 Å². The molecule has 104 valence electrons. The highest BCUT2D eigenvalue weighted by atomic mass is 16.5. The van der Waals surface area contributed by atoms with E-state index in [0.29, 0.717) is 12.4 Å². The second-order valence-corrected chi connectivity index (χ2v) is 3.46. The molecule has 0 saturated heterocycles. The first-order chi connectivity index (χ1) is 9.10. The highest BCUT2D eigenvalue weighted by Gasteiger charge is 1.93. The summed E-state index contributed by atoms with van der Waals surface area (Å²) in [7, 11) is 0. The van der Waals surface area contributed by atoms with Crippen LogP contribution in [0.4, 0.5) is 4.79 Å². The second kappa shape index (κ2) is 10.8. The van der Waals surface area contributed by atoms with Crippen LogP contribution in [0, 0.1) is 0 Å². The van der Waals surface area contributed by atoms with Gasteiger partial charge in [0.15, 0.2) is 0 Å². The van der Waals surface area contributed by atoms with Crippen LogP contribution in [-0.2, 0) is 9.53 Å². The minimum Gasteiger partial charge on any atom is -0.463 e. The zero-order chi connectivity index (χ0) is 14.5. The molecule has 0 aliphatic rings. The molecule has 0 aliphatic heterocycles. The van der Waals surface area contributed by atoms with Crippen LogP contribution >= 0.6 is 0 Å². The van der Waals surface area contributed by atoms with Crippen molar-refractivity contribution in [2.24, 2.45) is 5.73 Å². The SMILES string of the molecule is C=CC(=O)OCCCC.NC(=O)Oc1ccccc1. The summed E-state index contributed by atoms with van der Waals surface area (Å²) in [4.78, 5) is 20.5. The number of primary amides is 1. The van der Waals surface area contributed by atoms with E-state index < -0.39 is 6.09 Å². The summed E-state index contributed by atoms with van der Waals surface area (Å²) in [5.41, 5.74) is 4.76. The summed E-state index contributed by atoms with van der Waals surface area (Å²) < 4.78 is 9.23. The van der Waals surface area contributed by atoms with Gasteiger partial charge in [-0.1, -0.05) is 38.1 Å². The van der Waals surface area contributed by atoms with E-state index in [1.54, 1.807) is 24.3 Å². The Balaban J connectivity index is 0.000000344. The van der Waals surface area contributed by atoms with Gasteiger partial charge in [-0.15, -0.1) is 0 Å². The van der Waals surface area contributed by atoms with Gasteiger partial charge >= 0.3 is 12.1 Å². The van der Waals surface area contributed by atoms with Crippen molar-refractivity contribution in [2.45, 2.75) is 19.8 Å². The molecule has 0 aromatic heterocycles. The Hall–Kier alpha value is -2.30. The van der Waals surface area contributed by atoms with Crippen LogP contribution in [-0.4, -0.2) is 18.7 Å². The molecule has 0 radical (unpaired) electrons. The predicted molar refractivity (Wildman–Crippen MR) is 72.7 cm³/mol. The molecule has 1 aromatic rings. The fourth-order valence-electron chi connectivity index (χ4n) is 0.981. The lowest BCUT2D eigenvalue weighted by molar-refractivity contribution is -0.137. The van der Waals surface area contributed by atoms with E-state index in [9.17, 15) is 9.59 Å². The number of esters is 1. The van der Waals surface area contributed by atoms with Crippen LogP contribution in [0.15, 0.2) is 43.0 Å². The number of ether oxygens (including phenoxy) is 2. The molecule has 5 nitrogen and oxygen atoms in total. The van der Waals surface area contributed by atoms with Crippen LogP contribution in [0.3, 0.4) is 0 Å². The van der Waals surface area contributed by atoms with Crippen molar-refractivity contribution in [2.75, 3.05) is 6.61 Å². The van der Waals surface area contributed by atoms with Gasteiger partial charge in [0.25, 0.3) is 0 Å². The lowest BCUT2D eigenvalue weighted by Gasteiger charge is -1.97. The van der Waals surface area contributed by atoms with Gasteiger partial charge in [-0.3, -0.25) is 0 Å². The lowest BCUT2D eigenvalue weighted by atomic mass is 10.3. The average molecular weight is 265 g/mol. The third-order valence-electron chi connectivity index (χ3n) is 1.87. The van der Waals surface area contributed by atoms with Crippen molar-refractivity contribution >= 4 is 12.1 Å². The quantitative estimate of drug-likeness (QED) is 0.504. The largest absolute Gasteiger partial charge is 0.463 e. The molecule has 19 heavy (non-hydrogen) atoms. The molecule has 0 saturated carbocycles. The van der Waals surface area contributed by atoms with Gasteiger partial charge < -0.3 is 15.2 Å². The van der Waals surface area contributed by atoms with Gasteiger partial charge in [-0.25, -0.2) is 9.59 Å². The van der Waals surface area contributed by atoms with E-state index in [2.05, 4.69) is 16.1 Å². The number of para-hydroxylation sites is 1. The second-order valence-electron chi connectivity index (χ2n) is 3.46. The van der Waals surface area contributed by atoms with E-state index in [-0.39, 0.29) is 5.97 Å². The predicted octanol–water partition coefficient (Wildman–Crippen LogP) is 2.66. The van der Waals surface area contributed by atoms with Crippen molar-refractivity contribution < 1.29 is 19.1 Å². The Labute approximate surface area is 113 Å². The smallest absolute Gasteiger partial charge is 0.409 e. The zero-order valence-electron chi connectivity index (χ0n) is 11.0. The molecule has 0 fully saturated rings. The summed E-state index contributed by atoms with van der Waals surface area (Å²) in [5.74, 6) is 0.137. The van der Waals surface area contributed by atoms with Gasteiger partial charge in [0.2, 0.25) is 0 Å². The Bertz CT molecular complexity index is 390. The summed E-state index contributed by atoms with van der Waals surface area (Å²) in [5, 5.41) is 0. The highest BCUT2D eigenvalue weighted by Crippen LogP contribution is 2.07. The third kappa shape index (κ3) is 10.6. The molecule has 2 N–H and O–H groups in total. The lowest BCUT2D eigenvalue weighted by Crippen LogP contribution is -2.15. The number of rotatable bonds is 5. The topological polar surface area (TPSA) is 78.6 Å². The first-order valence-electron chi connectivity index (χ1n) is 5.91. The van der Waals surface area contributed by atoms with Crippen molar-refractivity contribution in [3.05, 3.63) is 43.0 Å². The van der Waals surface area contributed by atoms with Crippen LogP contribution in [0.5, 0.6) is 5.75 Å². The number of nitrogens with two attached hydrogens (primary N) is 1. The normalized spacial score (nSPS) is 8.68. The van der Waals surface area contributed by atoms with Gasteiger partial charge in [0, 0.05) is 6.08 Å². The molecule has 0 heterocycles. The first kappa shape index (κ1) is 16.7. The minimum absolute atomic E-state index is 0.330. The monoisotopic (exact) mass is 265 g/mol. The number of carbonyl (C=O) groups is 2. The Kier molecular flexibility index (Phi) is 9.52. The maximum atomic E-state index is 10.3. The van der Waals surface area contributed by atoms with Gasteiger partial charge in [-0.2, -0.15) is 0 Å². The van der Waals surface area contributed by atoms with Crippen LogP contribution < -0.4 is 10.5 Å². The Morgan fingerprint density at radius 2 is 1.95 bits per heavy atom. The van der Waals surface area contributed by atoms with E-state index in [1.165, 1.54) is 6.08 Å². The molecule has 0 unspecified atom stereocenters. The van der Waals surface area contributed by atoms with Gasteiger partial charge in [0.05, 0.1) is 6.61 Å². The Morgan fingerprint density at radius 3 is 2.42 bits per heavy atom. The van der Waals surface area contributed by atoms with Gasteiger partial charge in [-0.05, 0) is 18.6 Å². The maximum Gasteiger partial charge on any atom is 0.409 e. The number of unbranched alkanes of at least 4 members (excludes halogenated alkanes) is 1. The van der Waals surface area contributed by atoms with Crippen molar-refractivity contribution in [1.82, 2.24) is 0 Å². The fraction of sp³-hybridized carbons (Fsp3) is 0.286. The molecular formula is C14H19NO4. The maximum absolute atomic E-state index is 10.3. The van der Waals surface area contributed by atoms with E-state index in [0.717, 1.165) is 12.8 Å². The molecule has 5 heteroatoms. The third-order valence-corrected chi connectivity index (χ3v) is 1.87. The van der Waals surface area contributed by atoms with E-state index >= 15 is 0 Å². The number of benzene rings is 1. The number of hydrogen-bond donors (Lipinski definition) is 1. The van der Waals surface area contributed by atoms with E-state index in [1.807, 2.05) is 13.0 Å². The molecule has 0 spiro atoms. The molecular weight excluding hydrogens is 246 g/mol. The molecule has 0 atom stereocenters. The molecule has 1 rings (SSSR count). The molecule has 0 bridgehead atoms. The minimum atomic E-state index is -0.786. The van der Waals surface area contributed by atoms with Gasteiger partial charge in [0.1, 0.15) is 5.75 Å². The standard InChI is InChI=1S/C7H7NO2.C7H12O2/c8-7(9)10-6-4-2-1-3-5-6;1-3-5-6-9-7(8)4-2/h1-5H,(H2,8,9);4H,2-3,5-6H2,1H3. The molecule has 1 aromatic carbocycles. The highest BCUT2D eigenvalue weighted by molar-refractivity contribution is 5.81. The summed E-state index contributed by atoms with van der Waals surface area (Å²) in [6.07, 6.45) is 2.37. The summed E-state index contributed by atoms with van der Waals surface area (Å²) in [6, 6.07) is 8.67. The molecule has 1 amide bonds. The van der Waals surface area contributed by atoms with Crippen molar-refractivity contribution in [3.8, 4) is 5.75 Å². The average Bonchev–Trinajstić information content (AvgIpc) is 2.40. The summed E-state index contributed by atoms with van der Waals surface area (Å²) in [6.45, 7) is 5.82. The zero-order valence-corrected chi connectivity index (χ0v) is 11.0. The van der Waals surface area contributed by atoms with E-state index in [4.69, 9.17) is 5.73 Å². The number of hydrogen-bond acceptors (Lipinski definition) is 4. The Morgan fingerprint density at radius 1 is 1.32 bits per heavy atom. The molecule has 0 aliphatic carbocycles. The number of amides is 1. The number of carbonyl (C=O) groups excluding carboxylic acids is 2. The van der Waals surface area contributed by atoms with Crippen LogP contribution in [0.25, 0.3) is 0 Å². The summed E-state index contributed by atoms with van der Waals surface area (Å²) >= 11 is 0. The van der Waals surface area contributed by atoms with Crippen LogP contribution in [0.2, 0.25) is 0 Å². The fourth-order valence-corrected chi connectivity index (χ4v) is 0.981. The first-order valence-corrected chi connectivity index (χ1v) is 5.91. The van der Waals surface area contributed by atoms with Crippen molar-refractivity contribution in [3.63, 3.8) is 0 Å². The van der Waals surface area contributed by atoms with Crippen LogP contribution in [0.1, 0.15) is 19.8 Å².